The first-order valence-electron chi connectivity index (χ1n) is 6.56. The maximum Gasteiger partial charge on any atom is 0.0399 e. The highest BCUT2D eigenvalue weighted by Gasteiger charge is 2.19. The first-order chi connectivity index (χ1) is 8.35. The van der Waals surface area contributed by atoms with Gasteiger partial charge in [0.15, 0.2) is 0 Å². The standard InChI is InChI=1S/C14H23N3/c1-3-12-6-4-5-7-14(12)17-9-8-16-13(11-17)10-15-2/h4-7,13,15-16H,3,8-11H2,1-2H3. The molecule has 17 heavy (non-hydrogen) atoms. The number of anilines is 1. The van der Waals surface area contributed by atoms with Crippen LogP contribution in [0.3, 0.4) is 0 Å². The molecule has 1 aliphatic rings. The third-order valence-corrected chi connectivity index (χ3v) is 3.42. The number of rotatable bonds is 4. The predicted molar refractivity (Wildman–Crippen MR) is 73.8 cm³/mol. The minimum Gasteiger partial charge on any atom is -0.368 e. The van der Waals surface area contributed by atoms with Crippen LogP contribution in [0, 0.1) is 0 Å². The molecular weight excluding hydrogens is 210 g/mol. The van der Waals surface area contributed by atoms with Gasteiger partial charge in [0.1, 0.15) is 0 Å². The second-order valence-electron chi connectivity index (χ2n) is 4.64. The van der Waals surface area contributed by atoms with Crippen molar-refractivity contribution in [1.82, 2.24) is 10.6 Å². The molecule has 1 aromatic rings. The van der Waals surface area contributed by atoms with Gasteiger partial charge in [0.2, 0.25) is 0 Å². The summed E-state index contributed by atoms with van der Waals surface area (Å²) in [6.07, 6.45) is 1.11. The largest absolute Gasteiger partial charge is 0.368 e. The van der Waals surface area contributed by atoms with Crippen LogP contribution in [-0.2, 0) is 6.42 Å². The van der Waals surface area contributed by atoms with E-state index in [9.17, 15) is 0 Å². The molecule has 0 bridgehead atoms. The summed E-state index contributed by atoms with van der Waals surface area (Å²) in [5.41, 5.74) is 2.87. The van der Waals surface area contributed by atoms with Crippen LogP contribution in [0.25, 0.3) is 0 Å². The molecule has 1 atom stereocenters. The van der Waals surface area contributed by atoms with Crippen molar-refractivity contribution in [2.24, 2.45) is 0 Å². The lowest BCUT2D eigenvalue weighted by Gasteiger charge is -2.36. The number of aryl methyl sites for hydroxylation is 1. The second-order valence-corrected chi connectivity index (χ2v) is 4.64. The molecular formula is C14H23N3. The predicted octanol–water partition coefficient (Wildman–Crippen LogP) is 1.25. The molecule has 0 amide bonds. The first-order valence-corrected chi connectivity index (χ1v) is 6.56. The molecule has 1 fully saturated rings. The highest BCUT2D eigenvalue weighted by Crippen LogP contribution is 2.21. The average Bonchev–Trinajstić information content (AvgIpc) is 2.39. The van der Waals surface area contributed by atoms with Gasteiger partial charge in [-0.3, -0.25) is 0 Å². The van der Waals surface area contributed by atoms with Gasteiger partial charge in [0.25, 0.3) is 0 Å². The van der Waals surface area contributed by atoms with Crippen LogP contribution in [0.5, 0.6) is 0 Å². The van der Waals surface area contributed by atoms with Crippen LogP contribution in [0.1, 0.15) is 12.5 Å². The van der Waals surface area contributed by atoms with Crippen LogP contribution < -0.4 is 15.5 Å². The van der Waals surface area contributed by atoms with Crippen LogP contribution in [-0.4, -0.2) is 39.3 Å². The lowest BCUT2D eigenvalue weighted by Crippen LogP contribution is -2.54. The Bertz CT molecular complexity index is 349. The van der Waals surface area contributed by atoms with Crippen molar-refractivity contribution in [1.29, 1.82) is 0 Å². The van der Waals surface area contributed by atoms with Crippen LogP contribution in [0.2, 0.25) is 0 Å². The molecule has 2 N–H and O–H groups in total. The zero-order chi connectivity index (χ0) is 12.1. The molecule has 0 saturated carbocycles. The lowest BCUT2D eigenvalue weighted by molar-refractivity contribution is 0.443. The van der Waals surface area contributed by atoms with E-state index >= 15 is 0 Å². The Morgan fingerprint density at radius 1 is 1.41 bits per heavy atom. The molecule has 1 saturated heterocycles. The van der Waals surface area contributed by atoms with E-state index in [1.165, 1.54) is 11.3 Å². The van der Waals surface area contributed by atoms with Crippen LogP contribution in [0.15, 0.2) is 24.3 Å². The fourth-order valence-corrected chi connectivity index (χ4v) is 2.55. The van der Waals surface area contributed by atoms with Crippen molar-refractivity contribution < 1.29 is 0 Å². The van der Waals surface area contributed by atoms with E-state index in [-0.39, 0.29) is 0 Å². The smallest absolute Gasteiger partial charge is 0.0399 e. The van der Waals surface area contributed by atoms with Crippen molar-refractivity contribution in [2.45, 2.75) is 19.4 Å². The van der Waals surface area contributed by atoms with E-state index < -0.39 is 0 Å². The molecule has 0 spiro atoms. The van der Waals surface area contributed by atoms with Gasteiger partial charge in [-0.15, -0.1) is 0 Å². The SMILES string of the molecule is CCc1ccccc1N1CCNC(CNC)C1. The second kappa shape index (κ2) is 6.03. The molecule has 1 unspecified atom stereocenters. The highest BCUT2D eigenvalue weighted by molar-refractivity contribution is 5.54. The summed E-state index contributed by atoms with van der Waals surface area (Å²) in [5.74, 6) is 0. The normalized spacial score (nSPS) is 20.6. The van der Waals surface area contributed by atoms with Gasteiger partial charge in [-0.1, -0.05) is 25.1 Å². The number of piperazine rings is 1. The van der Waals surface area contributed by atoms with Gasteiger partial charge in [0.05, 0.1) is 0 Å². The summed E-state index contributed by atoms with van der Waals surface area (Å²) in [6.45, 7) is 6.54. The third-order valence-electron chi connectivity index (χ3n) is 3.42. The van der Waals surface area contributed by atoms with Gasteiger partial charge in [0, 0.05) is 37.9 Å². The number of nitrogens with zero attached hydrogens (tertiary/aromatic N) is 1. The molecule has 3 heteroatoms. The van der Waals surface area contributed by atoms with E-state index in [1.807, 2.05) is 7.05 Å². The molecule has 1 heterocycles. The van der Waals surface area contributed by atoms with Gasteiger partial charge in [-0.2, -0.15) is 0 Å². The van der Waals surface area contributed by atoms with Crippen molar-refractivity contribution >= 4 is 5.69 Å². The third kappa shape index (κ3) is 2.99. The summed E-state index contributed by atoms with van der Waals surface area (Å²) in [6, 6.07) is 9.32. The molecule has 1 aliphatic heterocycles. The Labute approximate surface area is 104 Å². The van der Waals surface area contributed by atoms with Crippen molar-refractivity contribution in [3.8, 4) is 0 Å². The highest BCUT2D eigenvalue weighted by atomic mass is 15.2. The number of hydrogen-bond donors (Lipinski definition) is 2. The quantitative estimate of drug-likeness (QED) is 0.819. The minimum absolute atomic E-state index is 0.554. The zero-order valence-electron chi connectivity index (χ0n) is 10.9. The zero-order valence-corrected chi connectivity index (χ0v) is 10.9. The molecule has 94 valence electrons. The molecule has 0 aliphatic carbocycles. The summed E-state index contributed by atoms with van der Waals surface area (Å²) in [5, 5.41) is 6.80. The van der Waals surface area contributed by atoms with Gasteiger partial charge in [-0.25, -0.2) is 0 Å². The van der Waals surface area contributed by atoms with Crippen molar-refractivity contribution in [3.05, 3.63) is 29.8 Å². The van der Waals surface area contributed by atoms with Crippen molar-refractivity contribution in [3.63, 3.8) is 0 Å². The van der Waals surface area contributed by atoms with E-state index in [0.717, 1.165) is 32.6 Å². The molecule has 0 radical (unpaired) electrons. The molecule has 1 aromatic carbocycles. The van der Waals surface area contributed by atoms with Gasteiger partial charge >= 0.3 is 0 Å². The fourth-order valence-electron chi connectivity index (χ4n) is 2.55. The van der Waals surface area contributed by atoms with Crippen LogP contribution >= 0.6 is 0 Å². The average molecular weight is 233 g/mol. The molecule has 0 aromatic heterocycles. The Balaban J connectivity index is 2.10. The van der Waals surface area contributed by atoms with Gasteiger partial charge < -0.3 is 15.5 Å². The van der Waals surface area contributed by atoms with E-state index in [4.69, 9.17) is 0 Å². The molecule has 2 rings (SSSR count). The van der Waals surface area contributed by atoms with Crippen LogP contribution in [0.4, 0.5) is 5.69 Å². The van der Waals surface area contributed by atoms with E-state index in [0.29, 0.717) is 6.04 Å². The summed E-state index contributed by atoms with van der Waals surface area (Å²) >= 11 is 0. The number of hydrogen-bond acceptors (Lipinski definition) is 3. The minimum atomic E-state index is 0.554. The number of likely N-dealkylation sites (N-methyl/N-ethyl adjacent to an activating group) is 1. The van der Waals surface area contributed by atoms with E-state index in [1.54, 1.807) is 0 Å². The maximum atomic E-state index is 3.55. The first kappa shape index (κ1) is 12.4. The van der Waals surface area contributed by atoms with E-state index in [2.05, 4.69) is 46.7 Å². The monoisotopic (exact) mass is 233 g/mol. The Morgan fingerprint density at radius 3 is 3.00 bits per heavy atom. The lowest BCUT2D eigenvalue weighted by atomic mass is 10.1. The number of nitrogens with one attached hydrogen (secondary N) is 2. The Hall–Kier alpha value is -1.06. The molecule has 3 nitrogen and oxygen atoms in total. The number of para-hydroxylation sites is 1. The Kier molecular flexibility index (Phi) is 4.40. The fraction of sp³-hybridized carbons (Fsp3) is 0.571. The number of benzene rings is 1. The topological polar surface area (TPSA) is 27.3 Å². The van der Waals surface area contributed by atoms with Gasteiger partial charge in [-0.05, 0) is 25.1 Å². The summed E-state index contributed by atoms with van der Waals surface area (Å²) in [7, 11) is 2.01. The maximum absolute atomic E-state index is 3.55. The summed E-state index contributed by atoms with van der Waals surface area (Å²) < 4.78 is 0. The summed E-state index contributed by atoms with van der Waals surface area (Å²) in [4.78, 5) is 2.51. The van der Waals surface area contributed by atoms with Crippen molar-refractivity contribution in [2.75, 3.05) is 38.1 Å². The Morgan fingerprint density at radius 2 is 2.24 bits per heavy atom.